The second-order valence-electron chi connectivity index (χ2n) is 6.59. The third kappa shape index (κ3) is 3.75. The van der Waals surface area contributed by atoms with E-state index in [9.17, 15) is 4.79 Å². The van der Waals surface area contributed by atoms with E-state index in [-0.39, 0.29) is 12.0 Å². The molecule has 2 saturated heterocycles. The van der Waals surface area contributed by atoms with E-state index >= 15 is 0 Å². The number of thioether (sulfide) groups is 1. The van der Waals surface area contributed by atoms with Gasteiger partial charge >= 0.3 is 0 Å². The fraction of sp³-hybridized carbons (Fsp3) is 0.474. The second kappa shape index (κ2) is 7.62. The minimum atomic E-state index is 0.0256. The van der Waals surface area contributed by atoms with E-state index in [2.05, 4.69) is 5.10 Å². The van der Waals surface area contributed by atoms with Crippen LogP contribution in [0.1, 0.15) is 29.8 Å². The average molecular weight is 357 g/mol. The molecule has 0 spiro atoms. The molecule has 132 valence electrons. The summed E-state index contributed by atoms with van der Waals surface area (Å²) in [6.07, 6.45) is 5.22. The van der Waals surface area contributed by atoms with Gasteiger partial charge in [0.25, 0.3) is 5.91 Å². The van der Waals surface area contributed by atoms with Crippen LogP contribution in [0.2, 0.25) is 0 Å². The van der Waals surface area contributed by atoms with E-state index in [0.29, 0.717) is 18.3 Å². The molecule has 0 radical (unpaired) electrons. The molecule has 25 heavy (non-hydrogen) atoms. The fourth-order valence-electron chi connectivity index (χ4n) is 3.48. The first-order valence-corrected chi connectivity index (χ1v) is 10.1. The lowest BCUT2D eigenvalue weighted by molar-refractivity contribution is 0.0437. The second-order valence-corrected chi connectivity index (χ2v) is 7.74. The molecule has 2 aliphatic heterocycles. The highest BCUT2D eigenvalue weighted by atomic mass is 32.2. The van der Waals surface area contributed by atoms with Crippen LogP contribution in [0.3, 0.4) is 0 Å². The molecule has 5 nitrogen and oxygen atoms in total. The van der Waals surface area contributed by atoms with Gasteiger partial charge in [-0.2, -0.15) is 16.9 Å². The SMILES string of the molecule is O=C(c1ccn(-c2ccccc2)n1)N(CC1CCCO1)C1CCSC1. The van der Waals surface area contributed by atoms with E-state index < -0.39 is 0 Å². The molecule has 2 atom stereocenters. The molecule has 0 N–H and O–H groups in total. The number of aromatic nitrogens is 2. The van der Waals surface area contributed by atoms with Crippen molar-refractivity contribution in [3.05, 3.63) is 48.3 Å². The number of nitrogens with zero attached hydrogens (tertiary/aromatic N) is 3. The summed E-state index contributed by atoms with van der Waals surface area (Å²) in [5.41, 5.74) is 1.47. The number of ether oxygens (including phenoxy) is 1. The topological polar surface area (TPSA) is 47.4 Å². The Labute approximate surface area is 152 Å². The molecule has 4 rings (SSSR count). The van der Waals surface area contributed by atoms with Gasteiger partial charge in [-0.15, -0.1) is 0 Å². The molecule has 2 unspecified atom stereocenters. The summed E-state index contributed by atoms with van der Waals surface area (Å²) in [5, 5.41) is 4.53. The first-order valence-electron chi connectivity index (χ1n) is 8.92. The summed E-state index contributed by atoms with van der Waals surface area (Å²) in [4.78, 5) is 15.2. The Morgan fingerprint density at radius 2 is 2.16 bits per heavy atom. The van der Waals surface area contributed by atoms with E-state index in [1.807, 2.05) is 59.3 Å². The fourth-order valence-corrected chi connectivity index (χ4v) is 4.71. The summed E-state index contributed by atoms with van der Waals surface area (Å²) in [6.45, 7) is 1.50. The smallest absolute Gasteiger partial charge is 0.274 e. The molecule has 0 aliphatic carbocycles. The van der Waals surface area contributed by atoms with Crippen molar-refractivity contribution in [2.24, 2.45) is 0 Å². The van der Waals surface area contributed by atoms with Crippen molar-refractivity contribution in [3.63, 3.8) is 0 Å². The summed E-state index contributed by atoms with van der Waals surface area (Å²) >= 11 is 1.92. The monoisotopic (exact) mass is 357 g/mol. The van der Waals surface area contributed by atoms with Crippen LogP contribution in [0.25, 0.3) is 5.69 Å². The van der Waals surface area contributed by atoms with Crippen molar-refractivity contribution in [1.82, 2.24) is 14.7 Å². The molecule has 2 aromatic rings. The van der Waals surface area contributed by atoms with E-state index in [0.717, 1.165) is 43.1 Å². The lowest BCUT2D eigenvalue weighted by Gasteiger charge is -2.30. The van der Waals surface area contributed by atoms with Crippen molar-refractivity contribution in [1.29, 1.82) is 0 Å². The van der Waals surface area contributed by atoms with Crippen molar-refractivity contribution < 1.29 is 9.53 Å². The highest BCUT2D eigenvalue weighted by Gasteiger charge is 2.32. The summed E-state index contributed by atoms with van der Waals surface area (Å²) in [6, 6.07) is 12.0. The van der Waals surface area contributed by atoms with Gasteiger partial charge in [0, 0.05) is 31.1 Å². The standard InChI is InChI=1S/C19H23N3O2S/c23-19(18-8-10-22(20-18)15-5-2-1-3-6-15)21(16-9-12-25-14-16)13-17-7-4-11-24-17/h1-3,5-6,8,10,16-17H,4,7,9,11-14H2. The zero-order chi connectivity index (χ0) is 17.1. The Bertz CT molecular complexity index is 706. The van der Waals surface area contributed by atoms with Gasteiger partial charge in [0.1, 0.15) is 0 Å². The third-order valence-electron chi connectivity index (χ3n) is 4.86. The number of hydrogen-bond donors (Lipinski definition) is 0. The molecule has 1 amide bonds. The number of hydrogen-bond acceptors (Lipinski definition) is 4. The Balaban J connectivity index is 1.54. The van der Waals surface area contributed by atoms with Crippen LogP contribution >= 0.6 is 11.8 Å². The van der Waals surface area contributed by atoms with Crippen LogP contribution in [0.15, 0.2) is 42.6 Å². The summed E-state index contributed by atoms with van der Waals surface area (Å²) in [5.74, 6) is 2.16. The zero-order valence-electron chi connectivity index (χ0n) is 14.2. The number of carbonyl (C=O) groups excluding carboxylic acids is 1. The lowest BCUT2D eigenvalue weighted by Crippen LogP contribution is -2.44. The number of carbonyl (C=O) groups is 1. The minimum Gasteiger partial charge on any atom is -0.376 e. The molecule has 2 fully saturated rings. The zero-order valence-corrected chi connectivity index (χ0v) is 15.0. The van der Waals surface area contributed by atoms with Crippen LogP contribution in [-0.4, -0.2) is 57.4 Å². The van der Waals surface area contributed by atoms with Gasteiger partial charge in [-0.25, -0.2) is 4.68 Å². The van der Waals surface area contributed by atoms with E-state index in [1.165, 1.54) is 0 Å². The molecule has 0 saturated carbocycles. The van der Waals surface area contributed by atoms with Crippen LogP contribution in [0.4, 0.5) is 0 Å². The molecular weight excluding hydrogens is 334 g/mol. The molecule has 2 aliphatic rings. The summed E-state index contributed by atoms with van der Waals surface area (Å²) in [7, 11) is 0. The number of amides is 1. The van der Waals surface area contributed by atoms with Crippen molar-refractivity contribution in [2.45, 2.75) is 31.4 Å². The Kier molecular flexibility index (Phi) is 5.08. The van der Waals surface area contributed by atoms with Gasteiger partial charge in [-0.05, 0) is 43.2 Å². The molecular formula is C19H23N3O2S. The third-order valence-corrected chi connectivity index (χ3v) is 6.01. The van der Waals surface area contributed by atoms with Gasteiger partial charge in [0.2, 0.25) is 0 Å². The van der Waals surface area contributed by atoms with Gasteiger partial charge < -0.3 is 9.64 Å². The Morgan fingerprint density at radius 3 is 2.88 bits per heavy atom. The quantitative estimate of drug-likeness (QED) is 0.825. The first-order chi connectivity index (χ1) is 12.3. The predicted octanol–water partition coefficient (Wildman–Crippen LogP) is 3.00. The van der Waals surface area contributed by atoms with Gasteiger partial charge in [0.05, 0.1) is 11.8 Å². The van der Waals surface area contributed by atoms with Crippen molar-refractivity contribution in [3.8, 4) is 5.69 Å². The summed E-state index contributed by atoms with van der Waals surface area (Å²) < 4.78 is 7.54. The molecule has 1 aromatic carbocycles. The van der Waals surface area contributed by atoms with Crippen LogP contribution in [0.5, 0.6) is 0 Å². The van der Waals surface area contributed by atoms with E-state index in [4.69, 9.17) is 4.74 Å². The molecule has 6 heteroatoms. The maximum Gasteiger partial charge on any atom is 0.274 e. The van der Waals surface area contributed by atoms with Crippen LogP contribution in [0, 0.1) is 0 Å². The predicted molar refractivity (Wildman–Crippen MR) is 99.3 cm³/mol. The van der Waals surface area contributed by atoms with Crippen molar-refractivity contribution in [2.75, 3.05) is 24.7 Å². The van der Waals surface area contributed by atoms with Crippen molar-refractivity contribution >= 4 is 17.7 Å². The largest absolute Gasteiger partial charge is 0.376 e. The Morgan fingerprint density at radius 1 is 1.28 bits per heavy atom. The van der Waals surface area contributed by atoms with Gasteiger partial charge in [-0.3, -0.25) is 4.79 Å². The van der Waals surface area contributed by atoms with Crippen LogP contribution < -0.4 is 0 Å². The Hall–Kier alpha value is -1.79. The lowest BCUT2D eigenvalue weighted by atomic mass is 10.1. The number of benzene rings is 1. The highest BCUT2D eigenvalue weighted by molar-refractivity contribution is 7.99. The first kappa shape index (κ1) is 16.7. The average Bonchev–Trinajstić information content (AvgIpc) is 3.42. The van der Waals surface area contributed by atoms with Gasteiger partial charge in [0.15, 0.2) is 5.69 Å². The number of rotatable bonds is 5. The van der Waals surface area contributed by atoms with Crippen LogP contribution in [-0.2, 0) is 4.74 Å². The van der Waals surface area contributed by atoms with Gasteiger partial charge in [-0.1, -0.05) is 18.2 Å². The van der Waals surface area contributed by atoms with E-state index in [1.54, 1.807) is 4.68 Å². The molecule has 1 aromatic heterocycles. The maximum atomic E-state index is 13.1. The number of para-hydroxylation sites is 1. The molecule has 0 bridgehead atoms. The minimum absolute atomic E-state index is 0.0256. The highest BCUT2D eigenvalue weighted by Crippen LogP contribution is 2.25. The maximum absolute atomic E-state index is 13.1. The normalized spacial score (nSPS) is 23.0. The molecule has 3 heterocycles.